The standard InChI is InChI=1S/C17H20BrClN2O2/c1-3-4-5-8-23-14-7-6-13(15(19)9-14)10-21-12(2)20-17(18)16(21)11-22/h6-7,9,11H,3-5,8,10H2,1-2H3. The number of hydrogen-bond donors (Lipinski definition) is 0. The fourth-order valence-electron chi connectivity index (χ4n) is 2.32. The number of benzene rings is 1. The molecule has 0 N–H and O–H groups in total. The van der Waals surface area contributed by atoms with Crippen molar-refractivity contribution in [1.29, 1.82) is 0 Å². The van der Waals surface area contributed by atoms with Gasteiger partial charge in [-0.1, -0.05) is 37.4 Å². The van der Waals surface area contributed by atoms with E-state index in [2.05, 4.69) is 27.8 Å². The minimum absolute atomic E-state index is 0.494. The van der Waals surface area contributed by atoms with Gasteiger partial charge in [0.25, 0.3) is 0 Å². The van der Waals surface area contributed by atoms with Gasteiger partial charge in [0.2, 0.25) is 0 Å². The lowest BCUT2D eigenvalue weighted by Gasteiger charge is -2.11. The summed E-state index contributed by atoms with van der Waals surface area (Å²) < 4.78 is 8.09. The Labute approximate surface area is 149 Å². The first kappa shape index (κ1) is 18.0. The van der Waals surface area contributed by atoms with Crippen molar-refractivity contribution in [3.63, 3.8) is 0 Å². The van der Waals surface area contributed by atoms with Crippen LogP contribution in [0.5, 0.6) is 5.75 Å². The molecule has 6 heteroatoms. The highest BCUT2D eigenvalue weighted by Gasteiger charge is 2.13. The summed E-state index contributed by atoms with van der Waals surface area (Å²) >= 11 is 9.66. The van der Waals surface area contributed by atoms with E-state index in [0.717, 1.165) is 36.3 Å². The second-order valence-electron chi connectivity index (χ2n) is 5.35. The fourth-order valence-corrected chi connectivity index (χ4v) is 3.11. The van der Waals surface area contributed by atoms with Crippen molar-refractivity contribution in [3.8, 4) is 5.75 Å². The van der Waals surface area contributed by atoms with E-state index < -0.39 is 0 Å². The molecule has 2 aromatic rings. The molecule has 0 aliphatic carbocycles. The third kappa shape index (κ3) is 4.58. The average Bonchev–Trinajstić information content (AvgIpc) is 2.79. The number of aldehydes is 1. The number of ether oxygens (including phenoxy) is 1. The third-order valence-electron chi connectivity index (χ3n) is 3.63. The number of hydrogen-bond acceptors (Lipinski definition) is 3. The molecule has 4 nitrogen and oxygen atoms in total. The van der Waals surface area contributed by atoms with E-state index in [9.17, 15) is 4.79 Å². The van der Waals surface area contributed by atoms with Crippen LogP contribution in [0.4, 0.5) is 0 Å². The normalized spacial score (nSPS) is 10.8. The van der Waals surface area contributed by atoms with E-state index in [4.69, 9.17) is 16.3 Å². The van der Waals surface area contributed by atoms with E-state index in [1.54, 1.807) is 0 Å². The summed E-state index contributed by atoms with van der Waals surface area (Å²) in [6, 6.07) is 5.67. The molecule has 0 atom stereocenters. The molecule has 1 aromatic carbocycles. The van der Waals surface area contributed by atoms with Crippen LogP contribution in [0.25, 0.3) is 0 Å². The van der Waals surface area contributed by atoms with Gasteiger partial charge in [-0.2, -0.15) is 0 Å². The maximum atomic E-state index is 11.2. The zero-order chi connectivity index (χ0) is 16.8. The zero-order valence-electron chi connectivity index (χ0n) is 13.3. The molecular formula is C17H20BrClN2O2. The molecule has 0 saturated carbocycles. The van der Waals surface area contributed by atoms with Crippen LogP contribution in [0.3, 0.4) is 0 Å². The summed E-state index contributed by atoms with van der Waals surface area (Å²) in [7, 11) is 0. The Bertz CT molecular complexity index is 685. The molecule has 0 radical (unpaired) electrons. The minimum Gasteiger partial charge on any atom is -0.494 e. The van der Waals surface area contributed by atoms with Gasteiger partial charge in [-0.05, 0) is 47.0 Å². The van der Waals surface area contributed by atoms with Crippen LogP contribution < -0.4 is 4.74 Å². The second kappa shape index (κ2) is 8.50. The highest BCUT2D eigenvalue weighted by Crippen LogP contribution is 2.25. The Morgan fingerprint density at radius 1 is 1.39 bits per heavy atom. The number of carbonyl (C=O) groups excluding carboxylic acids is 1. The molecular weight excluding hydrogens is 380 g/mol. The number of aryl methyl sites for hydroxylation is 1. The Morgan fingerprint density at radius 3 is 2.83 bits per heavy atom. The summed E-state index contributed by atoms with van der Waals surface area (Å²) in [5.41, 5.74) is 1.43. The predicted octanol–water partition coefficient (Wildman–Crippen LogP) is 5.04. The van der Waals surface area contributed by atoms with Crippen LogP contribution in [0.2, 0.25) is 5.02 Å². The zero-order valence-corrected chi connectivity index (χ0v) is 15.7. The lowest BCUT2D eigenvalue weighted by molar-refractivity contribution is 0.111. The molecule has 1 heterocycles. The van der Waals surface area contributed by atoms with Crippen molar-refractivity contribution >= 4 is 33.8 Å². The van der Waals surface area contributed by atoms with E-state index in [-0.39, 0.29) is 0 Å². The Morgan fingerprint density at radius 2 is 2.17 bits per heavy atom. The van der Waals surface area contributed by atoms with Crippen LogP contribution in [0.15, 0.2) is 22.8 Å². The molecule has 0 amide bonds. The smallest absolute Gasteiger partial charge is 0.169 e. The number of halogens is 2. The van der Waals surface area contributed by atoms with E-state index in [1.807, 2.05) is 29.7 Å². The largest absolute Gasteiger partial charge is 0.494 e. The van der Waals surface area contributed by atoms with Gasteiger partial charge in [-0.3, -0.25) is 4.79 Å². The Hall–Kier alpha value is -1.33. The molecule has 1 aromatic heterocycles. The van der Waals surface area contributed by atoms with Gasteiger partial charge in [0.15, 0.2) is 6.29 Å². The van der Waals surface area contributed by atoms with Gasteiger partial charge in [0, 0.05) is 5.02 Å². The number of unbranched alkanes of at least 4 members (excludes halogenated alkanes) is 2. The van der Waals surface area contributed by atoms with Crippen LogP contribution in [0, 0.1) is 6.92 Å². The van der Waals surface area contributed by atoms with Gasteiger partial charge in [-0.15, -0.1) is 0 Å². The monoisotopic (exact) mass is 398 g/mol. The molecule has 0 bridgehead atoms. The third-order valence-corrected chi connectivity index (χ3v) is 4.57. The molecule has 0 unspecified atom stereocenters. The van der Waals surface area contributed by atoms with Crippen molar-refractivity contribution in [2.45, 2.75) is 39.7 Å². The molecule has 0 aliphatic heterocycles. The second-order valence-corrected chi connectivity index (χ2v) is 6.51. The predicted molar refractivity (Wildman–Crippen MR) is 95.6 cm³/mol. The van der Waals surface area contributed by atoms with Gasteiger partial charge in [0.1, 0.15) is 21.9 Å². The number of imidazole rings is 1. The van der Waals surface area contributed by atoms with Crippen LogP contribution >= 0.6 is 27.5 Å². The molecule has 124 valence electrons. The fraction of sp³-hybridized carbons (Fsp3) is 0.412. The average molecular weight is 400 g/mol. The van der Waals surface area contributed by atoms with E-state index in [0.29, 0.717) is 28.5 Å². The van der Waals surface area contributed by atoms with Crippen LogP contribution in [-0.4, -0.2) is 22.4 Å². The summed E-state index contributed by atoms with van der Waals surface area (Å²) in [4.78, 5) is 15.5. The van der Waals surface area contributed by atoms with Crippen molar-refractivity contribution in [2.24, 2.45) is 0 Å². The first-order valence-corrected chi connectivity index (χ1v) is 8.83. The van der Waals surface area contributed by atoms with E-state index in [1.165, 1.54) is 6.42 Å². The van der Waals surface area contributed by atoms with Crippen molar-refractivity contribution in [3.05, 3.63) is 44.9 Å². The summed E-state index contributed by atoms with van der Waals surface area (Å²) in [5.74, 6) is 1.53. The Kier molecular flexibility index (Phi) is 6.66. The maximum Gasteiger partial charge on any atom is 0.169 e. The van der Waals surface area contributed by atoms with Gasteiger partial charge in [0.05, 0.1) is 13.2 Å². The lowest BCUT2D eigenvalue weighted by Crippen LogP contribution is -2.07. The van der Waals surface area contributed by atoms with Crippen LogP contribution in [-0.2, 0) is 6.54 Å². The summed E-state index contributed by atoms with van der Waals surface area (Å²) in [6.45, 7) is 5.21. The molecule has 0 saturated heterocycles. The summed E-state index contributed by atoms with van der Waals surface area (Å²) in [5, 5.41) is 0.624. The number of rotatable bonds is 8. The molecule has 23 heavy (non-hydrogen) atoms. The quantitative estimate of drug-likeness (QED) is 0.461. The van der Waals surface area contributed by atoms with Crippen molar-refractivity contribution < 1.29 is 9.53 Å². The van der Waals surface area contributed by atoms with Gasteiger partial charge >= 0.3 is 0 Å². The maximum absolute atomic E-state index is 11.2. The van der Waals surface area contributed by atoms with Crippen LogP contribution in [0.1, 0.15) is 48.1 Å². The topological polar surface area (TPSA) is 44.1 Å². The molecule has 0 spiro atoms. The highest BCUT2D eigenvalue weighted by molar-refractivity contribution is 9.10. The molecule has 0 fully saturated rings. The number of nitrogens with zero attached hydrogens (tertiary/aromatic N) is 2. The number of aromatic nitrogens is 2. The van der Waals surface area contributed by atoms with Crippen molar-refractivity contribution in [2.75, 3.05) is 6.61 Å². The van der Waals surface area contributed by atoms with Gasteiger partial charge in [-0.25, -0.2) is 4.98 Å². The first-order chi connectivity index (χ1) is 11.1. The lowest BCUT2D eigenvalue weighted by atomic mass is 10.2. The highest BCUT2D eigenvalue weighted by atomic mass is 79.9. The van der Waals surface area contributed by atoms with E-state index >= 15 is 0 Å². The minimum atomic E-state index is 0.494. The number of carbonyl (C=O) groups is 1. The Balaban J connectivity index is 2.11. The SMILES string of the molecule is CCCCCOc1ccc(Cn2c(C)nc(Br)c2C=O)c(Cl)c1. The first-order valence-electron chi connectivity index (χ1n) is 7.65. The van der Waals surface area contributed by atoms with Crippen molar-refractivity contribution in [1.82, 2.24) is 9.55 Å². The summed E-state index contributed by atoms with van der Waals surface area (Å²) in [6.07, 6.45) is 4.17. The molecule has 0 aliphatic rings. The molecule has 2 rings (SSSR count). The van der Waals surface area contributed by atoms with Gasteiger partial charge < -0.3 is 9.30 Å².